The summed E-state index contributed by atoms with van der Waals surface area (Å²) in [5.41, 5.74) is -0.447. The third-order valence-electron chi connectivity index (χ3n) is 4.89. The van der Waals surface area contributed by atoms with Gasteiger partial charge in [-0.3, -0.25) is 4.79 Å². The molecule has 1 aromatic rings. The van der Waals surface area contributed by atoms with Gasteiger partial charge in [0.15, 0.2) is 0 Å². The number of nitrogens with one attached hydrogen (secondary N) is 2. The van der Waals surface area contributed by atoms with E-state index in [1.165, 1.54) is 19.3 Å². The van der Waals surface area contributed by atoms with Crippen LogP contribution in [0.2, 0.25) is 0 Å². The predicted octanol–water partition coefficient (Wildman–Crippen LogP) is 0.520. The van der Waals surface area contributed by atoms with Crippen LogP contribution in [0.1, 0.15) is 26.7 Å². The Kier molecular flexibility index (Phi) is 7.73. The summed E-state index contributed by atoms with van der Waals surface area (Å²) >= 11 is 0. The van der Waals surface area contributed by atoms with Gasteiger partial charge in [0.1, 0.15) is 23.3 Å². The van der Waals surface area contributed by atoms with Crippen LogP contribution >= 0.6 is 0 Å². The first-order valence-corrected chi connectivity index (χ1v) is 11.0. The highest BCUT2D eigenvalue weighted by Crippen LogP contribution is 2.17. The average Bonchev–Trinajstić information content (AvgIpc) is 3.20. The van der Waals surface area contributed by atoms with Gasteiger partial charge in [0, 0.05) is 31.9 Å². The van der Waals surface area contributed by atoms with Gasteiger partial charge < -0.3 is 15.5 Å². The van der Waals surface area contributed by atoms with E-state index in [-0.39, 0.29) is 29.9 Å². The average molecular weight is 434 g/mol. The molecule has 1 amide bonds. The van der Waals surface area contributed by atoms with E-state index < -0.39 is 15.6 Å². The number of anilines is 1. The summed E-state index contributed by atoms with van der Waals surface area (Å²) in [5.74, 6) is 0.392. The summed E-state index contributed by atoms with van der Waals surface area (Å²) in [6.07, 6.45) is 2.81. The van der Waals surface area contributed by atoms with Gasteiger partial charge in [-0.05, 0) is 38.8 Å². The molecule has 1 atom stereocenters. The van der Waals surface area contributed by atoms with E-state index in [1.807, 2.05) is 13.8 Å². The first-order chi connectivity index (χ1) is 14.1. The van der Waals surface area contributed by atoms with Gasteiger partial charge in [0.25, 0.3) is 0 Å². The van der Waals surface area contributed by atoms with Gasteiger partial charge in [-0.25, -0.2) is 13.4 Å². The van der Waals surface area contributed by atoms with Gasteiger partial charge in [-0.1, -0.05) is 0 Å². The lowest BCUT2D eigenvalue weighted by atomic mass is 10.1. The van der Waals surface area contributed by atoms with E-state index in [0.29, 0.717) is 18.9 Å². The van der Waals surface area contributed by atoms with Crippen molar-refractivity contribution < 1.29 is 13.2 Å². The molecule has 1 aliphatic rings. The number of hydrogen-bond donors (Lipinski definition) is 2. The van der Waals surface area contributed by atoms with E-state index >= 15 is 0 Å². The Hall–Kier alpha value is -2.73. The quantitative estimate of drug-likeness (QED) is 0.537. The SMILES string of the molecule is CN(CC#N)S(=O)(=O)c1ccc(NCC(C)(C)NCC(=O)N2CCCC2C#N)nc1. The molecule has 2 heterocycles. The number of rotatable bonds is 9. The summed E-state index contributed by atoms with van der Waals surface area (Å²) in [4.78, 5) is 18.1. The molecule has 0 radical (unpaired) electrons. The number of carbonyl (C=O) groups excluding carboxylic acids is 1. The largest absolute Gasteiger partial charge is 0.368 e. The Morgan fingerprint density at radius 1 is 1.40 bits per heavy atom. The summed E-state index contributed by atoms with van der Waals surface area (Å²) in [5, 5.41) is 24.1. The van der Waals surface area contributed by atoms with Crippen molar-refractivity contribution in [2.24, 2.45) is 0 Å². The fraction of sp³-hybridized carbons (Fsp3) is 0.579. The van der Waals surface area contributed by atoms with E-state index in [1.54, 1.807) is 17.0 Å². The van der Waals surface area contributed by atoms with Crippen LogP contribution in [0.15, 0.2) is 23.2 Å². The van der Waals surface area contributed by atoms with Crippen molar-refractivity contribution in [1.29, 1.82) is 10.5 Å². The third-order valence-corrected chi connectivity index (χ3v) is 6.68. The van der Waals surface area contributed by atoms with Gasteiger partial charge in [-0.15, -0.1) is 0 Å². The molecule has 2 N–H and O–H groups in total. The molecule has 30 heavy (non-hydrogen) atoms. The molecule has 1 fully saturated rings. The minimum atomic E-state index is -3.75. The lowest BCUT2D eigenvalue weighted by Gasteiger charge is -2.28. The third kappa shape index (κ3) is 5.89. The van der Waals surface area contributed by atoms with Crippen molar-refractivity contribution in [2.75, 3.05) is 38.5 Å². The zero-order valence-electron chi connectivity index (χ0n) is 17.4. The molecule has 1 saturated heterocycles. The van der Waals surface area contributed by atoms with Crippen molar-refractivity contribution in [2.45, 2.75) is 43.2 Å². The molecular formula is C19H27N7O3S. The number of likely N-dealkylation sites (tertiary alicyclic amines) is 1. The van der Waals surface area contributed by atoms with Crippen molar-refractivity contribution >= 4 is 21.7 Å². The van der Waals surface area contributed by atoms with E-state index in [9.17, 15) is 13.2 Å². The first-order valence-electron chi connectivity index (χ1n) is 9.58. The van der Waals surface area contributed by atoms with Crippen LogP contribution in [0.4, 0.5) is 5.82 Å². The molecule has 1 aromatic heterocycles. The van der Waals surface area contributed by atoms with Crippen LogP contribution in [0.5, 0.6) is 0 Å². The molecule has 0 aromatic carbocycles. The molecule has 0 spiro atoms. The number of carbonyl (C=O) groups is 1. The Balaban J connectivity index is 1.89. The first kappa shape index (κ1) is 23.5. The van der Waals surface area contributed by atoms with Gasteiger partial charge >= 0.3 is 0 Å². The zero-order valence-corrected chi connectivity index (χ0v) is 18.2. The highest BCUT2D eigenvalue weighted by atomic mass is 32.2. The van der Waals surface area contributed by atoms with Crippen LogP contribution in [0, 0.1) is 22.7 Å². The van der Waals surface area contributed by atoms with E-state index in [4.69, 9.17) is 10.5 Å². The normalized spacial score (nSPS) is 16.9. The monoisotopic (exact) mass is 433 g/mol. The number of amides is 1. The minimum absolute atomic E-state index is 0.00596. The highest BCUT2D eigenvalue weighted by Gasteiger charge is 2.29. The summed E-state index contributed by atoms with van der Waals surface area (Å²) in [7, 11) is -2.42. The minimum Gasteiger partial charge on any atom is -0.368 e. The molecule has 0 aliphatic carbocycles. The van der Waals surface area contributed by atoms with Crippen LogP contribution in [-0.4, -0.2) is 73.3 Å². The Bertz CT molecular complexity index is 932. The molecular weight excluding hydrogens is 406 g/mol. The fourth-order valence-electron chi connectivity index (χ4n) is 2.99. The van der Waals surface area contributed by atoms with Crippen molar-refractivity contribution in [1.82, 2.24) is 19.5 Å². The zero-order chi connectivity index (χ0) is 22.4. The number of nitriles is 2. The van der Waals surface area contributed by atoms with Crippen LogP contribution in [-0.2, 0) is 14.8 Å². The molecule has 1 aliphatic heterocycles. The van der Waals surface area contributed by atoms with Gasteiger partial charge in [0.2, 0.25) is 15.9 Å². The second-order valence-electron chi connectivity index (χ2n) is 7.76. The van der Waals surface area contributed by atoms with Crippen LogP contribution < -0.4 is 10.6 Å². The van der Waals surface area contributed by atoms with Crippen LogP contribution in [0.25, 0.3) is 0 Å². The van der Waals surface area contributed by atoms with Crippen molar-refractivity contribution in [3.8, 4) is 12.1 Å². The number of aromatic nitrogens is 1. The Labute approximate surface area is 177 Å². The lowest BCUT2D eigenvalue weighted by molar-refractivity contribution is -0.130. The number of nitrogens with zero attached hydrogens (tertiary/aromatic N) is 5. The maximum Gasteiger partial charge on any atom is 0.245 e. The Morgan fingerprint density at radius 3 is 2.73 bits per heavy atom. The number of pyridine rings is 1. The summed E-state index contributed by atoms with van der Waals surface area (Å²) in [6.45, 7) is 4.79. The number of sulfonamides is 1. The molecule has 2 rings (SSSR count). The van der Waals surface area contributed by atoms with Crippen LogP contribution in [0.3, 0.4) is 0 Å². The van der Waals surface area contributed by atoms with E-state index in [0.717, 1.165) is 17.1 Å². The van der Waals surface area contributed by atoms with Gasteiger partial charge in [0.05, 0.1) is 18.7 Å². The topological polar surface area (TPSA) is 142 Å². The maximum atomic E-state index is 12.4. The second-order valence-corrected chi connectivity index (χ2v) is 9.81. The maximum absolute atomic E-state index is 12.4. The summed E-state index contributed by atoms with van der Waals surface area (Å²) < 4.78 is 25.6. The highest BCUT2D eigenvalue weighted by molar-refractivity contribution is 7.89. The molecule has 10 nitrogen and oxygen atoms in total. The second kappa shape index (κ2) is 9.85. The smallest absolute Gasteiger partial charge is 0.245 e. The van der Waals surface area contributed by atoms with Crippen molar-refractivity contribution in [3.63, 3.8) is 0 Å². The standard InChI is InChI=1S/C19H27N7O3S/c1-19(2,24-13-18(27)26-9-4-5-15(26)11-21)14-23-17-7-6-16(12-22-17)30(28,29)25(3)10-8-20/h6-7,12,15,24H,4-5,9-10,13-14H2,1-3H3,(H,22,23). The van der Waals surface area contributed by atoms with Crippen molar-refractivity contribution in [3.05, 3.63) is 18.3 Å². The molecule has 0 bridgehead atoms. The molecule has 1 unspecified atom stereocenters. The lowest BCUT2D eigenvalue weighted by Crippen LogP contribution is -2.50. The number of hydrogen-bond acceptors (Lipinski definition) is 8. The fourth-order valence-corrected chi connectivity index (χ4v) is 4.01. The Morgan fingerprint density at radius 2 is 2.13 bits per heavy atom. The predicted molar refractivity (Wildman–Crippen MR) is 111 cm³/mol. The molecule has 0 saturated carbocycles. The summed E-state index contributed by atoms with van der Waals surface area (Å²) in [6, 6.07) is 6.60. The van der Waals surface area contributed by atoms with Gasteiger partial charge in [-0.2, -0.15) is 14.8 Å². The molecule has 162 valence electrons. The van der Waals surface area contributed by atoms with E-state index in [2.05, 4.69) is 21.7 Å². The molecule has 11 heteroatoms.